The Kier molecular flexibility index (Phi) is 6.21. The monoisotopic (exact) mass is 378 g/mol. The van der Waals surface area contributed by atoms with Crippen molar-refractivity contribution in [1.82, 2.24) is 19.9 Å². The number of hydrogen-bond donors (Lipinski definition) is 2. The molecule has 1 aromatic carbocycles. The molecule has 1 amide bonds. The van der Waals surface area contributed by atoms with E-state index in [1.54, 1.807) is 6.20 Å². The van der Waals surface area contributed by atoms with Gasteiger partial charge in [-0.2, -0.15) is 0 Å². The SMILES string of the molecule is O=C(CCn1ccc(=O)[nH]c1=O)NCC#CCOc1ccc2cccnc2c1. The van der Waals surface area contributed by atoms with Gasteiger partial charge in [0, 0.05) is 42.9 Å². The zero-order valence-corrected chi connectivity index (χ0v) is 15.0. The summed E-state index contributed by atoms with van der Waals surface area (Å²) in [6.45, 7) is 0.553. The summed E-state index contributed by atoms with van der Waals surface area (Å²) >= 11 is 0. The van der Waals surface area contributed by atoms with Crippen LogP contribution in [0.2, 0.25) is 0 Å². The van der Waals surface area contributed by atoms with Crippen LogP contribution in [0.25, 0.3) is 10.9 Å². The molecule has 0 unspecified atom stereocenters. The van der Waals surface area contributed by atoms with Gasteiger partial charge in [-0.15, -0.1) is 0 Å². The molecule has 0 aliphatic rings. The van der Waals surface area contributed by atoms with E-state index in [0.29, 0.717) is 5.75 Å². The van der Waals surface area contributed by atoms with Crippen molar-refractivity contribution in [1.29, 1.82) is 0 Å². The van der Waals surface area contributed by atoms with Crippen molar-refractivity contribution in [3.05, 3.63) is 69.6 Å². The van der Waals surface area contributed by atoms with Crippen molar-refractivity contribution in [3.63, 3.8) is 0 Å². The highest BCUT2D eigenvalue weighted by molar-refractivity contribution is 5.79. The number of nitrogens with zero attached hydrogens (tertiary/aromatic N) is 2. The molecule has 8 nitrogen and oxygen atoms in total. The molecule has 2 N–H and O–H groups in total. The molecular formula is C20H18N4O4. The molecule has 0 saturated heterocycles. The number of amides is 1. The van der Waals surface area contributed by atoms with Crippen LogP contribution in [0.1, 0.15) is 6.42 Å². The Morgan fingerprint density at radius 3 is 2.96 bits per heavy atom. The van der Waals surface area contributed by atoms with Gasteiger partial charge in [-0.3, -0.25) is 19.6 Å². The van der Waals surface area contributed by atoms with Crippen molar-refractivity contribution in [3.8, 4) is 17.6 Å². The number of aryl methyl sites for hydroxylation is 1. The maximum absolute atomic E-state index is 11.8. The van der Waals surface area contributed by atoms with Crippen molar-refractivity contribution >= 4 is 16.8 Å². The van der Waals surface area contributed by atoms with Crippen LogP contribution in [-0.4, -0.2) is 33.6 Å². The molecule has 0 atom stereocenters. The number of fused-ring (bicyclic) bond motifs is 1. The first-order valence-electron chi connectivity index (χ1n) is 8.61. The van der Waals surface area contributed by atoms with Gasteiger partial charge < -0.3 is 14.6 Å². The van der Waals surface area contributed by atoms with Gasteiger partial charge in [0.15, 0.2) is 0 Å². The number of nitrogens with one attached hydrogen (secondary N) is 2. The number of carbonyl (C=O) groups is 1. The predicted octanol–water partition coefficient (Wildman–Crippen LogP) is 0.673. The molecule has 2 heterocycles. The predicted molar refractivity (Wildman–Crippen MR) is 104 cm³/mol. The zero-order valence-electron chi connectivity index (χ0n) is 15.0. The van der Waals surface area contributed by atoms with Gasteiger partial charge >= 0.3 is 5.69 Å². The number of aromatic amines is 1. The van der Waals surface area contributed by atoms with Gasteiger partial charge in [0.2, 0.25) is 5.91 Å². The summed E-state index contributed by atoms with van der Waals surface area (Å²) in [6, 6.07) is 10.7. The second kappa shape index (κ2) is 9.19. The van der Waals surface area contributed by atoms with E-state index in [9.17, 15) is 14.4 Å². The lowest BCUT2D eigenvalue weighted by atomic mass is 10.2. The number of pyridine rings is 1. The van der Waals surface area contributed by atoms with Gasteiger partial charge in [-0.05, 0) is 18.2 Å². The molecule has 3 aromatic rings. The van der Waals surface area contributed by atoms with Crippen LogP contribution < -0.4 is 21.3 Å². The standard InChI is InChI=1S/C20H18N4O4/c25-18(7-11-24-12-8-19(26)23-20(24)27)22-9-1-2-13-28-16-6-5-15-4-3-10-21-17(15)14-16/h3-6,8,10,12,14H,7,9,11,13H2,(H,22,25)(H,23,26,27). The molecule has 0 spiro atoms. The Labute approximate surface area is 160 Å². The van der Waals surface area contributed by atoms with Gasteiger partial charge in [0.25, 0.3) is 5.56 Å². The maximum atomic E-state index is 11.8. The highest BCUT2D eigenvalue weighted by atomic mass is 16.5. The largest absolute Gasteiger partial charge is 0.481 e. The average molecular weight is 378 g/mol. The highest BCUT2D eigenvalue weighted by Gasteiger charge is 2.02. The number of aromatic nitrogens is 3. The third-order valence-electron chi connectivity index (χ3n) is 3.86. The van der Waals surface area contributed by atoms with E-state index in [1.165, 1.54) is 16.8 Å². The first-order chi connectivity index (χ1) is 13.6. The molecule has 0 aliphatic heterocycles. The topological polar surface area (TPSA) is 106 Å². The fourth-order valence-corrected chi connectivity index (χ4v) is 2.44. The average Bonchev–Trinajstić information content (AvgIpc) is 2.70. The van der Waals surface area contributed by atoms with E-state index in [0.717, 1.165) is 10.9 Å². The Morgan fingerprint density at radius 1 is 1.21 bits per heavy atom. The summed E-state index contributed by atoms with van der Waals surface area (Å²) in [7, 11) is 0. The van der Waals surface area contributed by atoms with Crippen LogP contribution in [0.3, 0.4) is 0 Å². The van der Waals surface area contributed by atoms with Crippen molar-refractivity contribution in [2.24, 2.45) is 0 Å². The number of H-pyrrole nitrogens is 1. The molecule has 0 aliphatic carbocycles. The normalized spacial score (nSPS) is 10.1. The van der Waals surface area contributed by atoms with Crippen LogP contribution in [0.4, 0.5) is 0 Å². The Hall–Kier alpha value is -3.86. The molecule has 0 fully saturated rings. The summed E-state index contributed by atoms with van der Waals surface area (Å²) in [4.78, 5) is 40.7. The molecule has 0 radical (unpaired) electrons. The van der Waals surface area contributed by atoms with Crippen LogP contribution >= 0.6 is 0 Å². The first kappa shape index (κ1) is 18.9. The van der Waals surface area contributed by atoms with Crippen molar-refractivity contribution in [2.75, 3.05) is 13.2 Å². The van der Waals surface area contributed by atoms with Crippen LogP contribution in [-0.2, 0) is 11.3 Å². The molecule has 8 heteroatoms. The lowest BCUT2D eigenvalue weighted by molar-refractivity contribution is -0.121. The first-order valence-corrected chi connectivity index (χ1v) is 8.61. The molecular weight excluding hydrogens is 360 g/mol. The van der Waals surface area contributed by atoms with Crippen LogP contribution in [0.5, 0.6) is 5.75 Å². The van der Waals surface area contributed by atoms with Crippen LogP contribution in [0.15, 0.2) is 58.4 Å². The number of hydrogen-bond acceptors (Lipinski definition) is 5. The van der Waals surface area contributed by atoms with Gasteiger partial charge in [-0.25, -0.2) is 4.79 Å². The van der Waals surface area contributed by atoms with E-state index in [4.69, 9.17) is 4.74 Å². The van der Waals surface area contributed by atoms with Gasteiger partial charge in [-0.1, -0.05) is 17.9 Å². The third kappa shape index (κ3) is 5.32. The molecule has 0 saturated carbocycles. The fourth-order valence-electron chi connectivity index (χ4n) is 2.44. The van der Waals surface area contributed by atoms with E-state index in [-0.39, 0.29) is 32.0 Å². The summed E-state index contributed by atoms with van der Waals surface area (Å²) in [6.07, 6.45) is 3.18. The lowest BCUT2D eigenvalue weighted by Gasteiger charge is -2.04. The molecule has 0 bridgehead atoms. The molecule has 2 aromatic heterocycles. The van der Waals surface area contributed by atoms with Gasteiger partial charge in [0.1, 0.15) is 12.4 Å². The quantitative estimate of drug-likeness (QED) is 0.614. The van der Waals surface area contributed by atoms with E-state index in [2.05, 4.69) is 27.1 Å². The number of carbonyl (C=O) groups excluding carboxylic acids is 1. The van der Waals surface area contributed by atoms with Crippen molar-refractivity contribution in [2.45, 2.75) is 13.0 Å². The van der Waals surface area contributed by atoms with E-state index in [1.807, 2.05) is 30.3 Å². The maximum Gasteiger partial charge on any atom is 0.328 e. The fraction of sp³-hybridized carbons (Fsp3) is 0.200. The minimum atomic E-state index is -0.541. The lowest BCUT2D eigenvalue weighted by Crippen LogP contribution is -2.31. The Bertz CT molecular complexity index is 1150. The summed E-state index contributed by atoms with van der Waals surface area (Å²) in [5.41, 5.74) is -0.161. The summed E-state index contributed by atoms with van der Waals surface area (Å²) in [5.74, 6) is 6.06. The Morgan fingerprint density at radius 2 is 2.11 bits per heavy atom. The zero-order chi connectivity index (χ0) is 19.8. The second-order valence-electron chi connectivity index (χ2n) is 5.83. The number of rotatable bonds is 6. The van der Waals surface area contributed by atoms with E-state index < -0.39 is 11.2 Å². The minimum absolute atomic E-state index is 0.105. The molecule has 142 valence electrons. The van der Waals surface area contributed by atoms with Crippen molar-refractivity contribution < 1.29 is 9.53 Å². The number of ether oxygens (including phenoxy) is 1. The van der Waals surface area contributed by atoms with Gasteiger partial charge in [0.05, 0.1) is 12.1 Å². The minimum Gasteiger partial charge on any atom is -0.481 e. The highest BCUT2D eigenvalue weighted by Crippen LogP contribution is 2.18. The van der Waals surface area contributed by atoms with E-state index >= 15 is 0 Å². The number of benzene rings is 1. The smallest absolute Gasteiger partial charge is 0.328 e. The molecule has 3 rings (SSSR count). The Balaban J connectivity index is 1.39. The third-order valence-corrected chi connectivity index (χ3v) is 3.86. The summed E-state index contributed by atoms with van der Waals surface area (Å²) in [5, 5.41) is 3.68. The summed E-state index contributed by atoms with van der Waals surface area (Å²) < 4.78 is 6.82. The van der Waals surface area contributed by atoms with Crippen LogP contribution in [0, 0.1) is 11.8 Å². The molecule has 28 heavy (non-hydrogen) atoms. The second-order valence-corrected chi connectivity index (χ2v) is 5.83.